The maximum atomic E-state index is 12.2. The molecular formula is C16H15N3O5. The van der Waals surface area contributed by atoms with Gasteiger partial charge in [0.15, 0.2) is 0 Å². The lowest BCUT2D eigenvalue weighted by molar-refractivity contribution is -0.129. The standard InChI is InChI=1S/C16H15N3O5/c1-8-10(14(21)19-16(23)17-8)7-13(20)18-11-6-9-4-2-3-5-12(9)24-15(11)22/h2-6,8,10H,7H2,1H3,(H,18,20)(H2,17,19,21,23). The zero-order valence-electron chi connectivity index (χ0n) is 12.8. The monoisotopic (exact) mass is 329 g/mol. The average Bonchev–Trinajstić information content (AvgIpc) is 2.51. The van der Waals surface area contributed by atoms with Crippen LogP contribution in [0.3, 0.4) is 0 Å². The summed E-state index contributed by atoms with van der Waals surface area (Å²) in [6, 6.07) is 7.37. The molecule has 2 unspecified atom stereocenters. The largest absolute Gasteiger partial charge is 0.421 e. The van der Waals surface area contributed by atoms with Crippen molar-refractivity contribution in [3.8, 4) is 0 Å². The quantitative estimate of drug-likeness (QED) is 0.725. The van der Waals surface area contributed by atoms with Crippen LogP contribution in [0.15, 0.2) is 39.5 Å². The Balaban J connectivity index is 1.75. The van der Waals surface area contributed by atoms with E-state index < -0.39 is 35.4 Å². The Hall–Kier alpha value is -3.16. The number of hydrogen-bond acceptors (Lipinski definition) is 5. The van der Waals surface area contributed by atoms with Crippen LogP contribution < -0.4 is 21.6 Å². The van der Waals surface area contributed by atoms with E-state index in [4.69, 9.17) is 4.42 Å². The molecule has 3 N–H and O–H groups in total. The molecular weight excluding hydrogens is 314 g/mol. The number of para-hydroxylation sites is 1. The minimum absolute atomic E-state index is 0.00612. The summed E-state index contributed by atoms with van der Waals surface area (Å²) >= 11 is 0. The smallest absolute Gasteiger partial charge is 0.360 e. The number of urea groups is 1. The number of rotatable bonds is 3. The molecule has 2 atom stereocenters. The summed E-state index contributed by atoms with van der Waals surface area (Å²) in [5.41, 5.74) is -0.244. The van der Waals surface area contributed by atoms with Crippen molar-refractivity contribution in [3.05, 3.63) is 40.8 Å². The van der Waals surface area contributed by atoms with Gasteiger partial charge in [-0.25, -0.2) is 9.59 Å². The van der Waals surface area contributed by atoms with Crippen LogP contribution in [-0.4, -0.2) is 23.9 Å². The molecule has 24 heavy (non-hydrogen) atoms. The highest BCUT2D eigenvalue weighted by atomic mass is 16.4. The van der Waals surface area contributed by atoms with Crippen LogP contribution in [0.5, 0.6) is 0 Å². The fraction of sp³-hybridized carbons (Fsp3) is 0.250. The Morgan fingerprint density at radius 1 is 1.25 bits per heavy atom. The van der Waals surface area contributed by atoms with Gasteiger partial charge in [-0.05, 0) is 19.1 Å². The number of anilines is 1. The minimum Gasteiger partial charge on any atom is -0.421 e. The number of hydrogen-bond donors (Lipinski definition) is 3. The zero-order chi connectivity index (χ0) is 17.3. The molecule has 1 aliphatic heterocycles. The highest BCUT2D eigenvalue weighted by molar-refractivity contribution is 6.01. The fourth-order valence-electron chi connectivity index (χ4n) is 2.59. The average molecular weight is 329 g/mol. The summed E-state index contributed by atoms with van der Waals surface area (Å²) in [5, 5.41) is 7.78. The van der Waals surface area contributed by atoms with E-state index in [1.807, 2.05) is 0 Å². The van der Waals surface area contributed by atoms with E-state index in [0.29, 0.717) is 11.0 Å². The van der Waals surface area contributed by atoms with Gasteiger partial charge in [-0.3, -0.25) is 14.9 Å². The summed E-state index contributed by atoms with van der Waals surface area (Å²) < 4.78 is 5.13. The Kier molecular flexibility index (Phi) is 4.03. The highest BCUT2D eigenvalue weighted by Crippen LogP contribution is 2.17. The Morgan fingerprint density at radius 2 is 2.00 bits per heavy atom. The van der Waals surface area contributed by atoms with Crippen molar-refractivity contribution >= 4 is 34.5 Å². The molecule has 0 radical (unpaired) electrons. The van der Waals surface area contributed by atoms with Gasteiger partial charge in [0.2, 0.25) is 11.8 Å². The van der Waals surface area contributed by atoms with E-state index in [0.717, 1.165) is 0 Å². The third kappa shape index (κ3) is 3.12. The number of imide groups is 1. The van der Waals surface area contributed by atoms with E-state index in [1.165, 1.54) is 6.07 Å². The van der Waals surface area contributed by atoms with Gasteiger partial charge in [-0.2, -0.15) is 0 Å². The number of carbonyl (C=O) groups excluding carboxylic acids is 3. The molecule has 0 spiro atoms. The van der Waals surface area contributed by atoms with Gasteiger partial charge >= 0.3 is 11.7 Å². The first-order chi connectivity index (χ1) is 11.4. The summed E-state index contributed by atoms with van der Waals surface area (Å²) in [6.45, 7) is 1.64. The van der Waals surface area contributed by atoms with Crippen molar-refractivity contribution in [2.75, 3.05) is 5.32 Å². The second-order valence-electron chi connectivity index (χ2n) is 5.60. The van der Waals surface area contributed by atoms with Crippen molar-refractivity contribution < 1.29 is 18.8 Å². The molecule has 2 heterocycles. The van der Waals surface area contributed by atoms with E-state index in [1.54, 1.807) is 31.2 Å². The van der Waals surface area contributed by atoms with Gasteiger partial charge in [0, 0.05) is 17.8 Å². The van der Waals surface area contributed by atoms with Gasteiger partial charge in [0.25, 0.3) is 0 Å². The van der Waals surface area contributed by atoms with E-state index >= 15 is 0 Å². The fourth-order valence-corrected chi connectivity index (χ4v) is 2.59. The second kappa shape index (κ2) is 6.15. The van der Waals surface area contributed by atoms with Gasteiger partial charge < -0.3 is 15.1 Å². The van der Waals surface area contributed by atoms with E-state index in [-0.39, 0.29) is 12.1 Å². The third-order valence-electron chi connectivity index (χ3n) is 3.86. The lowest BCUT2D eigenvalue weighted by Gasteiger charge is -2.28. The molecule has 124 valence electrons. The predicted octanol–water partition coefficient (Wildman–Crippen LogP) is 0.966. The van der Waals surface area contributed by atoms with Gasteiger partial charge in [-0.15, -0.1) is 0 Å². The number of amides is 4. The maximum Gasteiger partial charge on any atom is 0.360 e. The number of carbonyl (C=O) groups is 3. The maximum absolute atomic E-state index is 12.2. The molecule has 1 saturated heterocycles. The zero-order valence-corrected chi connectivity index (χ0v) is 12.8. The third-order valence-corrected chi connectivity index (χ3v) is 3.86. The van der Waals surface area contributed by atoms with Crippen molar-refractivity contribution in [1.29, 1.82) is 0 Å². The normalized spacial score (nSPS) is 20.4. The molecule has 0 aliphatic carbocycles. The van der Waals surface area contributed by atoms with Gasteiger partial charge in [0.1, 0.15) is 11.3 Å². The molecule has 8 nitrogen and oxygen atoms in total. The molecule has 8 heteroatoms. The molecule has 3 rings (SSSR count). The SMILES string of the molecule is CC1NC(=O)NC(=O)C1CC(=O)Nc1cc2ccccc2oc1=O. The van der Waals surface area contributed by atoms with Gasteiger partial charge in [-0.1, -0.05) is 18.2 Å². The van der Waals surface area contributed by atoms with Gasteiger partial charge in [0.05, 0.1) is 5.92 Å². The summed E-state index contributed by atoms with van der Waals surface area (Å²) in [5.74, 6) is -1.75. The molecule has 1 aromatic carbocycles. The molecule has 1 aliphatic rings. The lowest BCUT2D eigenvalue weighted by Crippen LogP contribution is -2.57. The Morgan fingerprint density at radius 3 is 2.75 bits per heavy atom. The Labute approximate surface area is 136 Å². The van der Waals surface area contributed by atoms with Crippen LogP contribution in [0.1, 0.15) is 13.3 Å². The molecule has 2 aromatic rings. The molecule has 4 amide bonds. The lowest BCUT2D eigenvalue weighted by atomic mass is 9.94. The first kappa shape index (κ1) is 15.7. The van der Waals surface area contributed by atoms with Crippen LogP contribution in [-0.2, 0) is 9.59 Å². The van der Waals surface area contributed by atoms with Crippen molar-refractivity contribution in [2.45, 2.75) is 19.4 Å². The number of nitrogens with one attached hydrogen (secondary N) is 3. The topological polar surface area (TPSA) is 118 Å². The van der Waals surface area contributed by atoms with Crippen LogP contribution in [0, 0.1) is 5.92 Å². The van der Waals surface area contributed by atoms with Crippen LogP contribution in [0.25, 0.3) is 11.0 Å². The molecule has 1 fully saturated rings. The van der Waals surface area contributed by atoms with Crippen molar-refractivity contribution in [2.24, 2.45) is 5.92 Å². The molecule has 1 aromatic heterocycles. The van der Waals surface area contributed by atoms with Crippen LogP contribution >= 0.6 is 0 Å². The van der Waals surface area contributed by atoms with Crippen LogP contribution in [0.2, 0.25) is 0 Å². The highest BCUT2D eigenvalue weighted by Gasteiger charge is 2.34. The minimum atomic E-state index is -0.713. The number of benzene rings is 1. The first-order valence-corrected chi connectivity index (χ1v) is 7.38. The molecule has 0 bridgehead atoms. The predicted molar refractivity (Wildman–Crippen MR) is 85.4 cm³/mol. The van der Waals surface area contributed by atoms with Crippen molar-refractivity contribution in [1.82, 2.24) is 10.6 Å². The van der Waals surface area contributed by atoms with E-state index in [9.17, 15) is 19.2 Å². The summed E-state index contributed by atoms with van der Waals surface area (Å²) in [6.07, 6.45) is -0.167. The summed E-state index contributed by atoms with van der Waals surface area (Å²) in [7, 11) is 0. The first-order valence-electron chi connectivity index (χ1n) is 7.38. The van der Waals surface area contributed by atoms with E-state index in [2.05, 4.69) is 16.0 Å². The second-order valence-corrected chi connectivity index (χ2v) is 5.60. The molecule has 0 saturated carbocycles. The van der Waals surface area contributed by atoms with Crippen LogP contribution in [0.4, 0.5) is 10.5 Å². The van der Waals surface area contributed by atoms with Crippen molar-refractivity contribution in [3.63, 3.8) is 0 Å². The summed E-state index contributed by atoms with van der Waals surface area (Å²) in [4.78, 5) is 47.1. The number of fused-ring (bicyclic) bond motifs is 1. The Bertz CT molecular complexity index is 889.